The van der Waals surface area contributed by atoms with E-state index in [4.69, 9.17) is 0 Å². The minimum atomic E-state index is 0.735. The number of aromatic nitrogens is 1. The molecule has 3 atom stereocenters. The van der Waals surface area contributed by atoms with E-state index in [0.717, 1.165) is 30.5 Å². The molecule has 4 heterocycles. The first-order valence-corrected chi connectivity index (χ1v) is 8.20. The van der Waals surface area contributed by atoms with Crippen molar-refractivity contribution in [2.24, 2.45) is 0 Å². The maximum absolute atomic E-state index is 4.53. The van der Waals surface area contributed by atoms with Crippen LogP contribution in [0.25, 0.3) is 0 Å². The second kappa shape index (κ2) is 5.93. The highest BCUT2D eigenvalue weighted by atomic mass is 15.4. The standard InChI is InChI=1S/C17H28N4/c1-5-13(2)20-11-15-8-16(12-20)21(15)10-14-6-7-17(18-9-14)19(3)4/h6-7,9,13,15-16H,5,8,10-12H2,1-4H3. The number of pyridine rings is 1. The molecule has 0 amide bonds. The molecular formula is C17H28N4. The Morgan fingerprint density at radius 1 is 1.29 bits per heavy atom. The third-order valence-corrected chi connectivity index (χ3v) is 5.22. The summed E-state index contributed by atoms with van der Waals surface area (Å²) in [4.78, 5) is 11.9. The Morgan fingerprint density at radius 2 is 2.00 bits per heavy atom. The van der Waals surface area contributed by atoms with E-state index in [-0.39, 0.29) is 0 Å². The van der Waals surface area contributed by atoms with E-state index in [1.54, 1.807) is 0 Å². The summed E-state index contributed by atoms with van der Waals surface area (Å²) >= 11 is 0. The van der Waals surface area contributed by atoms with Gasteiger partial charge in [-0.15, -0.1) is 0 Å². The van der Waals surface area contributed by atoms with E-state index in [1.807, 2.05) is 25.2 Å². The van der Waals surface area contributed by atoms with Gasteiger partial charge in [0.05, 0.1) is 0 Å². The molecule has 3 aliphatic heterocycles. The van der Waals surface area contributed by atoms with Crippen LogP contribution in [0.1, 0.15) is 32.3 Å². The summed E-state index contributed by atoms with van der Waals surface area (Å²) in [6.07, 6.45) is 4.68. The van der Waals surface area contributed by atoms with Gasteiger partial charge in [0.25, 0.3) is 0 Å². The Labute approximate surface area is 128 Å². The van der Waals surface area contributed by atoms with Crippen molar-refractivity contribution in [2.45, 2.75) is 51.4 Å². The van der Waals surface area contributed by atoms with Crippen molar-refractivity contribution in [2.75, 3.05) is 32.1 Å². The Kier molecular flexibility index (Phi) is 4.18. The van der Waals surface area contributed by atoms with Gasteiger partial charge in [0.2, 0.25) is 0 Å². The zero-order valence-corrected chi connectivity index (χ0v) is 13.8. The Hall–Kier alpha value is -1.13. The molecule has 1 aromatic rings. The summed E-state index contributed by atoms with van der Waals surface area (Å²) in [5, 5.41) is 0. The lowest BCUT2D eigenvalue weighted by Crippen LogP contribution is -2.69. The molecule has 4 rings (SSSR count). The van der Waals surface area contributed by atoms with Gasteiger partial charge in [-0.25, -0.2) is 4.98 Å². The third-order valence-electron chi connectivity index (χ3n) is 5.22. The van der Waals surface area contributed by atoms with Gasteiger partial charge in [-0.2, -0.15) is 0 Å². The van der Waals surface area contributed by atoms with Crippen molar-refractivity contribution in [1.82, 2.24) is 14.8 Å². The normalized spacial score (nSPS) is 27.2. The smallest absolute Gasteiger partial charge is 0.127 e. The summed E-state index contributed by atoms with van der Waals surface area (Å²) in [6.45, 7) is 8.20. The summed E-state index contributed by atoms with van der Waals surface area (Å²) in [5.41, 5.74) is 1.34. The van der Waals surface area contributed by atoms with Crippen LogP contribution < -0.4 is 4.90 Å². The molecule has 1 aromatic heterocycles. The molecule has 2 bridgehead atoms. The van der Waals surface area contributed by atoms with Gasteiger partial charge >= 0.3 is 0 Å². The summed E-state index contributed by atoms with van der Waals surface area (Å²) < 4.78 is 0. The number of piperazine rings is 1. The topological polar surface area (TPSA) is 22.6 Å². The van der Waals surface area contributed by atoms with Crippen molar-refractivity contribution in [3.63, 3.8) is 0 Å². The van der Waals surface area contributed by atoms with Crippen LogP contribution in [0, 0.1) is 0 Å². The van der Waals surface area contributed by atoms with Crippen LogP contribution in [0.2, 0.25) is 0 Å². The molecule has 0 aromatic carbocycles. The molecule has 3 aliphatic rings. The molecule has 3 unspecified atom stereocenters. The number of nitrogens with zero attached hydrogens (tertiary/aromatic N) is 4. The number of hydrogen-bond acceptors (Lipinski definition) is 4. The molecule has 0 saturated carbocycles. The average Bonchev–Trinajstić information content (AvgIpc) is 2.52. The number of rotatable bonds is 5. The lowest BCUT2D eigenvalue weighted by Gasteiger charge is -2.57. The van der Waals surface area contributed by atoms with Gasteiger partial charge < -0.3 is 4.90 Å². The van der Waals surface area contributed by atoms with E-state index in [9.17, 15) is 0 Å². The number of hydrogen-bond donors (Lipinski definition) is 0. The summed E-state index contributed by atoms with van der Waals surface area (Å²) in [7, 11) is 4.07. The molecule has 4 heteroatoms. The van der Waals surface area contributed by atoms with Crippen molar-refractivity contribution in [3.05, 3.63) is 23.9 Å². The molecule has 0 N–H and O–H groups in total. The van der Waals surface area contributed by atoms with Crippen LogP contribution in [0.15, 0.2) is 18.3 Å². The van der Waals surface area contributed by atoms with Gasteiger partial charge in [-0.1, -0.05) is 13.0 Å². The van der Waals surface area contributed by atoms with Crippen LogP contribution in [0.5, 0.6) is 0 Å². The molecular weight excluding hydrogens is 260 g/mol. The number of piperidine rings is 1. The second-order valence-corrected chi connectivity index (χ2v) is 6.85. The first kappa shape index (κ1) is 14.8. The van der Waals surface area contributed by atoms with Crippen molar-refractivity contribution >= 4 is 5.82 Å². The van der Waals surface area contributed by atoms with Crippen molar-refractivity contribution in [1.29, 1.82) is 0 Å². The maximum Gasteiger partial charge on any atom is 0.127 e. The lowest BCUT2D eigenvalue weighted by molar-refractivity contribution is -0.0857. The van der Waals surface area contributed by atoms with E-state index < -0.39 is 0 Å². The molecule has 0 spiro atoms. The molecule has 0 radical (unpaired) electrons. The fourth-order valence-electron chi connectivity index (χ4n) is 3.58. The Bertz CT molecular complexity index is 458. The zero-order valence-electron chi connectivity index (χ0n) is 13.8. The Balaban J connectivity index is 1.58. The third kappa shape index (κ3) is 2.92. The van der Waals surface area contributed by atoms with Crippen LogP contribution in [-0.2, 0) is 6.54 Å². The maximum atomic E-state index is 4.53. The molecule has 0 aliphatic carbocycles. The molecule has 116 valence electrons. The average molecular weight is 288 g/mol. The van der Waals surface area contributed by atoms with Gasteiger partial charge in [-0.3, -0.25) is 9.80 Å². The minimum Gasteiger partial charge on any atom is -0.363 e. The summed E-state index contributed by atoms with van der Waals surface area (Å²) in [6, 6.07) is 6.59. The van der Waals surface area contributed by atoms with E-state index in [0.29, 0.717) is 0 Å². The predicted molar refractivity (Wildman–Crippen MR) is 87.6 cm³/mol. The second-order valence-electron chi connectivity index (χ2n) is 6.85. The van der Waals surface area contributed by atoms with E-state index in [1.165, 1.54) is 31.5 Å². The van der Waals surface area contributed by atoms with Crippen LogP contribution in [-0.4, -0.2) is 60.1 Å². The minimum absolute atomic E-state index is 0.735. The van der Waals surface area contributed by atoms with Gasteiger partial charge in [0.1, 0.15) is 5.82 Å². The van der Waals surface area contributed by atoms with Gasteiger partial charge in [0, 0.05) is 58.1 Å². The van der Waals surface area contributed by atoms with Crippen LogP contribution in [0.3, 0.4) is 0 Å². The fourth-order valence-corrected chi connectivity index (χ4v) is 3.58. The molecule has 4 nitrogen and oxygen atoms in total. The van der Waals surface area contributed by atoms with Gasteiger partial charge in [-0.05, 0) is 31.4 Å². The number of anilines is 1. The predicted octanol–water partition coefficient (Wildman–Crippen LogP) is 2.20. The lowest BCUT2D eigenvalue weighted by atomic mass is 9.86. The highest BCUT2D eigenvalue weighted by Gasteiger charge is 2.44. The van der Waals surface area contributed by atoms with Gasteiger partial charge in [0.15, 0.2) is 0 Å². The first-order valence-electron chi connectivity index (χ1n) is 8.20. The van der Waals surface area contributed by atoms with Crippen LogP contribution in [0.4, 0.5) is 5.82 Å². The highest BCUT2D eigenvalue weighted by molar-refractivity contribution is 5.37. The highest BCUT2D eigenvalue weighted by Crippen LogP contribution is 2.34. The quantitative estimate of drug-likeness (QED) is 0.828. The van der Waals surface area contributed by atoms with E-state index >= 15 is 0 Å². The monoisotopic (exact) mass is 288 g/mol. The number of fused-ring (bicyclic) bond motifs is 2. The largest absolute Gasteiger partial charge is 0.363 e. The van der Waals surface area contributed by atoms with Crippen LogP contribution >= 0.6 is 0 Å². The SMILES string of the molecule is CCC(C)N1CC2CC(C1)N2Cc1ccc(N(C)C)nc1. The molecule has 3 fully saturated rings. The van der Waals surface area contributed by atoms with Crippen molar-refractivity contribution in [3.8, 4) is 0 Å². The first-order chi connectivity index (χ1) is 10.1. The van der Waals surface area contributed by atoms with Crippen molar-refractivity contribution < 1.29 is 0 Å². The fraction of sp³-hybridized carbons (Fsp3) is 0.706. The molecule has 21 heavy (non-hydrogen) atoms. The zero-order chi connectivity index (χ0) is 15.0. The van der Waals surface area contributed by atoms with E-state index in [2.05, 4.69) is 40.8 Å². The Morgan fingerprint density at radius 3 is 2.52 bits per heavy atom. The summed E-state index contributed by atoms with van der Waals surface area (Å²) in [5.74, 6) is 1.03. The molecule has 3 saturated heterocycles.